The first-order chi connectivity index (χ1) is 9.86. The van der Waals surface area contributed by atoms with E-state index in [0.717, 1.165) is 30.3 Å². The normalized spacial score (nSPS) is 27.1. The molecule has 2 aromatic carbocycles. The molecular formula is C18H16O2. The highest BCUT2D eigenvalue weighted by molar-refractivity contribution is 5.77. The molecule has 2 aliphatic heterocycles. The van der Waals surface area contributed by atoms with Crippen LogP contribution >= 0.6 is 0 Å². The average molecular weight is 264 g/mol. The van der Waals surface area contributed by atoms with Crippen molar-refractivity contribution in [2.75, 3.05) is 0 Å². The zero-order valence-electron chi connectivity index (χ0n) is 11.2. The van der Waals surface area contributed by atoms with Gasteiger partial charge in [0.1, 0.15) is 6.29 Å². The minimum Gasteiger partial charge on any atom is -0.369 e. The van der Waals surface area contributed by atoms with Crippen LogP contribution in [0.15, 0.2) is 48.5 Å². The topological polar surface area (TPSA) is 26.3 Å². The molecule has 20 heavy (non-hydrogen) atoms. The van der Waals surface area contributed by atoms with Crippen molar-refractivity contribution in [3.63, 3.8) is 0 Å². The molecular weight excluding hydrogens is 248 g/mol. The Morgan fingerprint density at radius 1 is 1.00 bits per heavy atom. The molecule has 1 fully saturated rings. The Balaban J connectivity index is 1.80. The Kier molecular flexibility index (Phi) is 2.71. The summed E-state index contributed by atoms with van der Waals surface area (Å²) >= 11 is 0. The van der Waals surface area contributed by atoms with Crippen molar-refractivity contribution >= 4 is 6.29 Å². The zero-order valence-corrected chi connectivity index (χ0v) is 11.2. The van der Waals surface area contributed by atoms with Crippen LogP contribution in [0.25, 0.3) is 0 Å². The van der Waals surface area contributed by atoms with Gasteiger partial charge in [0.15, 0.2) is 0 Å². The Hall–Kier alpha value is -1.93. The third kappa shape index (κ3) is 1.72. The predicted molar refractivity (Wildman–Crippen MR) is 76.9 cm³/mol. The molecule has 2 bridgehead atoms. The minimum atomic E-state index is 0.103. The van der Waals surface area contributed by atoms with E-state index in [1.165, 1.54) is 11.1 Å². The van der Waals surface area contributed by atoms with E-state index in [0.29, 0.717) is 12.0 Å². The summed E-state index contributed by atoms with van der Waals surface area (Å²) in [5, 5.41) is 0. The first-order valence-electron chi connectivity index (χ1n) is 7.14. The van der Waals surface area contributed by atoms with Gasteiger partial charge in [-0.1, -0.05) is 48.5 Å². The highest BCUT2D eigenvalue weighted by atomic mass is 16.5. The molecule has 1 saturated heterocycles. The van der Waals surface area contributed by atoms with Gasteiger partial charge in [0, 0.05) is 11.5 Å². The van der Waals surface area contributed by atoms with Gasteiger partial charge in [-0.2, -0.15) is 0 Å². The number of hydrogen-bond donors (Lipinski definition) is 0. The predicted octanol–water partition coefficient (Wildman–Crippen LogP) is 3.67. The van der Waals surface area contributed by atoms with Gasteiger partial charge in [0.25, 0.3) is 0 Å². The molecule has 2 nitrogen and oxygen atoms in total. The Labute approximate surface area is 118 Å². The van der Waals surface area contributed by atoms with E-state index >= 15 is 0 Å². The van der Waals surface area contributed by atoms with Crippen molar-refractivity contribution in [3.05, 3.63) is 70.8 Å². The summed E-state index contributed by atoms with van der Waals surface area (Å²) in [6.45, 7) is 0. The summed E-state index contributed by atoms with van der Waals surface area (Å²) in [5.74, 6) is 0.296. The molecule has 2 heteroatoms. The van der Waals surface area contributed by atoms with E-state index in [9.17, 15) is 4.79 Å². The van der Waals surface area contributed by atoms with Crippen molar-refractivity contribution in [2.45, 2.75) is 31.0 Å². The monoisotopic (exact) mass is 264 g/mol. The van der Waals surface area contributed by atoms with Gasteiger partial charge in [0.05, 0.1) is 12.2 Å². The number of carbonyl (C=O) groups is 1. The summed E-state index contributed by atoms with van der Waals surface area (Å²) in [6.07, 6.45) is 3.35. The van der Waals surface area contributed by atoms with Crippen LogP contribution in [0.1, 0.15) is 45.5 Å². The van der Waals surface area contributed by atoms with E-state index < -0.39 is 0 Å². The van der Waals surface area contributed by atoms with Crippen LogP contribution in [0.3, 0.4) is 0 Å². The number of rotatable bonds is 2. The maximum atomic E-state index is 11.3. The number of carbonyl (C=O) groups excluding carboxylic acids is 1. The molecule has 0 aliphatic carbocycles. The van der Waals surface area contributed by atoms with Crippen molar-refractivity contribution in [1.82, 2.24) is 0 Å². The first kappa shape index (κ1) is 11.9. The lowest BCUT2D eigenvalue weighted by atomic mass is 9.86. The third-order valence-corrected chi connectivity index (χ3v) is 4.55. The highest BCUT2D eigenvalue weighted by Crippen LogP contribution is 2.50. The molecule has 100 valence electrons. The maximum absolute atomic E-state index is 11.3. The van der Waals surface area contributed by atoms with Crippen LogP contribution in [0.2, 0.25) is 0 Å². The molecule has 4 rings (SSSR count). The lowest BCUT2D eigenvalue weighted by Crippen LogP contribution is -2.18. The summed E-state index contributed by atoms with van der Waals surface area (Å²) < 4.78 is 6.17. The smallest absolute Gasteiger partial charge is 0.150 e. The van der Waals surface area contributed by atoms with Crippen LogP contribution in [0, 0.1) is 0 Å². The Morgan fingerprint density at radius 2 is 1.75 bits per heavy atom. The van der Waals surface area contributed by atoms with E-state index in [-0.39, 0.29) is 6.10 Å². The fraction of sp³-hybridized carbons (Fsp3) is 0.278. The van der Waals surface area contributed by atoms with Crippen LogP contribution < -0.4 is 0 Å². The van der Waals surface area contributed by atoms with Crippen LogP contribution in [-0.4, -0.2) is 12.4 Å². The van der Waals surface area contributed by atoms with Gasteiger partial charge in [-0.05, 0) is 29.5 Å². The Morgan fingerprint density at radius 3 is 2.60 bits per heavy atom. The summed E-state index contributed by atoms with van der Waals surface area (Å²) in [4.78, 5) is 11.3. The number of hydrogen-bond acceptors (Lipinski definition) is 2. The molecule has 0 N–H and O–H groups in total. The molecule has 2 aromatic rings. The van der Waals surface area contributed by atoms with E-state index in [4.69, 9.17) is 4.74 Å². The lowest BCUT2D eigenvalue weighted by Gasteiger charge is -2.26. The number of ether oxygens (including phenoxy) is 1. The molecule has 3 unspecified atom stereocenters. The van der Waals surface area contributed by atoms with Crippen molar-refractivity contribution in [2.24, 2.45) is 0 Å². The average Bonchev–Trinajstić information content (AvgIpc) is 2.85. The van der Waals surface area contributed by atoms with Crippen LogP contribution in [-0.2, 0) is 11.2 Å². The number of benzene rings is 2. The van der Waals surface area contributed by atoms with E-state index in [1.807, 2.05) is 18.2 Å². The van der Waals surface area contributed by atoms with E-state index in [2.05, 4.69) is 30.3 Å². The maximum Gasteiger partial charge on any atom is 0.150 e. The molecule has 0 aromatic heterocycles. The van der Waals surface area contributed by atoms with Crippen LogP contribution in [0.4, 0.5) is 0 Å². The third-order valence-electron chi connectivity index (χ3n) is 4.55. The standard InChI is InChI=1S/C18H16O2/c19-11-13-6-2-3-7-15(13)17-10-14-9-12-5-1-4-8-16(12)18(17)20-14/h1-8,11,14,17-18H,9-10H2. The van der Waals surface area contributed by atoms with Gasteiger partial charge in [-0.3, -0.25) is 4.79 Å². The highest BCUT2D eigenvalue weighted by Gasteiger charge is 2.42. The van der Waals surface area contributed by atoms with Gasteiger partial charge >= 0.3 is 0 Å². The molecule has 0 amide bonds. The van der Waals surface area contributed by atoms with Gasteiger partial charge in [0.2, 0.25) is 0 Å². The van der Waals surface area contributed by atoms with Crippen molar-refractivity contribution in [3.8, 4) is 0 Å². The second kappa shape index (κ2) is 4.57. The minimum absolute atomic E-state index is 0.103. The zero-order chi connectivity index (χ0) is 13.5. The lowest BCUT2D eigenvalue weighted by molar-refractivity contribution is 0.0284. The summed E-state index contributed by atoms with van der Waals surface area (Å²) in [7, 11) is 0. The van der Waals surface area contributed by atoms with Crippen molar-refractivity contribution < 1.29 is 9.53 Å². The summed E-state index contributed by atoms with van der Waals surface area (Å²) in [5.41, 5.74) is 4.63. The summed E-state index contributed by atoms with van der Waals surface area (Å²) in [6, 6.07) is 16.4. The van der Waals surface area contributed by atoms with Gasteiger partial charge in [-0.25, -0.2) is 0 Å². The molecule has 0 saturated carbocycles. The SMILES string of the molecule is O=Cc1ccccc1C1CC2Cc3ccccc3C1O2. The molecule has 3 atom stereocenters. The molecule has 2 aliphatic rings. The number of fused-ring (bicyclic) bond motifs is 4. The van der Waals surface area contributed by atoms with E-state index in [1.54, 1.807) is 0 Å². The van der Waals surface area contributed by atoms with Gasteiger partial charge < -0.3 is 4.74 Å². The molecule has 2 heterocycles. The van der Waals surface area contributed by atoms with Crippen LogP contribution in [0.5, 0.6) is 0 Å². The second-order valence-corrected chi connectivity index (χ2v) is 5.67. The molecule has 0 radical (unpaired) electrons. The fourth-order valence-corrected chi connectivity index (χ4v) is 3.67. The number of aldehydes is 1. The quantitative estimate of drug-likeness (QED) is 0.774. The Bertz CT molecular complexity index is 662. The molecule has 0 spiro atoms. The van der Waals surface area contributed by atoms with Crippen molar-refractivity contribution in [1.29, 1.82) is 0 Å². The van der Waals surface area contributed by atoms with Gasteiger partial charge in [-0.15, -0.1) is 0 Å². The first-order valence-corrected chi connectivity index (χ1v) is 7.14. The largest absolute Gasteiger partial charge is 0.369 e. The fourth-order valence-electron chi connectivity index (χ4n) is 3.67. The second-order valence-electron chi connectivity index (χ2n) is 5.67.